The fourth-order valence-corrected chi connectivity index (χ4v) is 17.2. The molecule has 8 aromatic rings. The molecule has 0 bridgehead atoms. The van der Waals surface area contributed by atoms with E-state index in [0.29, 0.717) is 24.3 Å². The highest BCUT2D eigenvalue weighted by Gasteiger charge is 2.31. The third-order valence-corrected chi connectivity index (χ3v) is 23.4. The van der Waals surface area contributed by atoms with Crippen LogP contribution in [0.1, 0.15) is 0 Å². The van der Waals surface area contributed by atoms with Crippen LogP contribution >= 0.6 is 0 Å². The van der Waals surface area contributed by atoms with Gasteiger partial charge < -0.3 is 21.7 Å². The van der Waals surface area contributed by atoms with Crippen LogP contribution < -0.4 is 11.5 Å². The van der Waals surface area contributed by atoms with Crippen LogP contribution in [-0.2, 0) is 90.2 Å². The van der Waals surface area contributed by atoms with Crippen molar-refractivity contribution in [1.82, 2.24) is 0 Å². The van der Waals surface area contributed by atoms with E-state index in [-0.39, 0.29) is 22.7 Å². The zero-order chi connectivity index (χ0) is 69.0. The molecule has 0 fully saturated rings. The molecule has 0 aromatic heterocycles. The van der Waals surface area contributed by atoms with Crippen molar-refractivity contribution in [2.24, 2.45) is 40.9 Å². The number of azo groups is 4. The molecular weight excluding hydrogens is 1420 g/mol. The van der Waals surface area contributed by atoms with E-state index >= 15 is 0 Å². The summed E-state index contributed by atoms with van der Waals surface area (Å²) in [5.74, 6) is -6.62. The molecule has 0 radical (unpaired) electrons. The van der Waals surface area contributed by atoms with Gasteiger partial charge in [0.05, 0.1) is 87.5 Å². The Balaban J connectivity index is 1.07. The Morgan fingerprint density at radius 2 is 0.527 bits per heavy atom. The van der Waals surface area contributed by atoms with Crippen LogP contribution in [0, 0.1) is 0 Å². The third kappa shape index (κ3) is 16.0. The van der Waals surface area contributed by atoms with Crippen LogP contribution in [0.5, 0.6) is 11.5 Å². The van der Waals surface area contributed by atoms with E-state index in [9.17, 15) is 104 Å². The van der Waals surface area contributed by atoms with E-state index in [0.717, 1.165) is 97.1 Å². The minimum atomic E-state index is -5.37. The summed E-state index contributed by atoms with van der Waals surface area (Å²) in [6.07, 6.45) is 0. The Labute approximate surface area is 525 Å². The first-order chi connectivity index (χ1) is 42.8. The zero-order valence-corrected chi connectivity index (χ0v) is 53.1. The molecule has 0 atom stereocenters. The minimum absolute atomic E-state index is 0.216. The molecule has 0 saturated carbocycles. The topological polar surface area (TPSA) is 620 Å². The average Bonchev–Trinajstić information content (AvgIpc) is 0.747. The molecule has 0 aliphatic heterocycles. The number of anilines is 2. The van der Waals surface area contributed by atoms with Crippen molar-refractivity contribution < 1.29 is 113 Å². The SMILES string of the molecule is Nc1c(N=Nc2ccc(S(=O)(=O)c3ccc(N=Nc4c(S(=O)(=O)O)cc5cc(S(=O)(=O)O)c(N=Nc6ccc(S(=O)(=O)CCS(=O)(=O)O)cc6)c(O)c5c4N)cc3)cc2)c(S(=O)(=O)O)cc2cc(S(=O)(=O)O)c(N=Nc3ccc(S(=O)(=O)CCS(=O)(=O)O)cc3)c(O)c12. The first-order valence-corrected chi connectivity index (χ1v) is 38.4. The number of nitrogen functional groups attached to an aromatic ring is 2. The summed E-state index contributed by atoms with van der Waals surface area (Å²) >= 11 is 0. The molecule has 8 rings (SSSR count). The van der Waals surface area contributed by atoms with Gasteiger partial charge in [0.25, 0.3) is 60.7 Å². The molecule has 0 saturated heterocycles. The molecule has 492 valence electrons. The van der Waals surface area contributed by atoms with E-state index in [1.54, 1.807) is 0 Å². The maximum atomic E-state index is 13.8. The smallest absolute Gasteiger partial charge is 0.296 e. The number of phenols is 2. The minimum Gasteiger partial charge on any atom is -0.505 e. The van der Waals surface area contributed by atoms with Crippen molar-refractivity contribution in [3.63, 3.8) is 0 Å². The molecule has 0 aliphatic rings. The molecule has 0 heterocycles. The van der Waals surface area contributed by atoms with E-state index in [1.807, 2.05) is 0 Å². The highest BCUT2D eigenvalue weighted by molar-refractivity contribution is 7.94. The Morgan fingerprint density at radius 3 is 0.763 bits per heavy atom. The van der Waals surface area contributed by atoms with Crippen molar-refractivity contribution in [2.45, 2.75) is 39.2 Å². The molecule has 0 unspecified atom stereocenters. The summed E-state index contributed by atoms with van der Waals surface area (Å²) in [7, 11) is -43.8. The van der Waals surface area contributed by atoms with Crippen molar-refractivity contribution in [3.05, 3.63) is 121 Å². The number of fused-ring (bicyclic) bond motifs is 2. The van der Waals surface area contributed by atoms with E-state index in [4.69, 9.17) is 20.6 Å². The lowest BCUT2D eigenvalue weighted by Gasteiger charge is -2.14. The Hall–Kier alpha value is -8.81. The van der Waals surface area contributed by atoms with Crippen LogP contribution in [0.3, 0.4) is 0 Å². The molecule has 45 heteroatoms. The highest BCUT2D eigenvalue weighted by atomic mass is 32.2. The van der Waals surface area contributed by atoms with Gasteiger partial charge in [0, 0.05) is 0 Å². The van der Waals surface area contributed by atoms with Crippen molar-refractivity contribution in [3.8, 4) is 11.5 Å². The lowest BCUT2D eigenvalue weighted by Crippen LogP contribution is -2.16. The number of phenolic OH excluding ortho intramolecular Hbond substituents is 2. The summed E-state index contributed by atoms with van der Waals surface area (Å²) < 4.78 is 282. The van der Waals surface area contributed by atoms with Crippen LogP contribution in [0.25, 0.3) is 21.5 Å². The summed E-state index contributed by atoms with van der Waals surface area (Å²) in [5, 5.41) is 50.7. The highest BCUT2D eigenvalue weighted by Crippen LogP contribution is 2.50. The predicted molar refractivity (Wildman–Crippen MR) is 324 cm³/mol. The van der Waals surface area contributed by atoms with Crippen LogP contribution in [0.2, 0.25) is 0 Å². The summed E-state index contributed by atoms with van der Waals surface area (Å²) in [5.41, 5.74) is 6.25. The molecule has 36 nitrogen and oxygen atoms in total. The lowest BCUT2D eigenvalue weighted by molar-refractivity contribution is 0.471. The number of aromatic hydroxyl groups is 2. The number of benzene rings is 8. The maximum absolute atomic E-state index is 13.8. The summed E-state index contributed by atoms with van der Waals surface area (Å²) in [6.45, 7) is 0. The molecule has 93 heavy (non-hydrogen) atoms. The lowest BCUT2D eigenvalue weighted by atomic mass is 10.1. The number of sulfone groups is 3. The number of hydrogen-bond donors (Lipinski definition) is 10. The average molecular weight is 1460 g/mol. The van der Waals surface area contributed by atoms with E-state index in [1.165, 1.54) is 0 Å². The molecule has 8 aromatic carbocycles. The summed E-state index contributed by atoms with van der Waals surface area (Å²) in [4.78, 5) is -6.32. The molecule has 0 amide bonds. The van der Waals surface area contributed by atoms with Gasteiger partial charge in [-0.1, -0.05) is 0 Å². The normalized spacial score (nSPS) is 13.6. The standard InChI is InChI=1S/C48H40N10O26S9/c49-41-39-25(23-37(92(79,80)81)45(47(39)59)57-53-27-1-9-31(10-2-27)85(61,62)17-19-87(65,66)67)21-35(90(73,74)75)43(41)55-51-29-5-13-33(14-6-29)89(71,72)34-15-7-30(8-16-34)52-56-44-36(91(76,77)78)22-26-24-38(93(82,83)84)46(48(60)40(26)42(44)50)58-54-28-3-11-32(12-4-28)86(63,64)18-20-88(68,69)70/h1-16,21-24,59-60H,17-20,49-50H2,(H,65,66,67)(H,68,69,70)(H,73,74,75)(H,76,77,78)(H,79,80,81)(H,82,83,84). The van der Waals surface area contributed by atoms with Gasteiger partial charge in [-0.2, -0.15) is 71.0 Å². The molecule has 12 N–H and O–H groups in total. The van der Waals surface area contributed by atoms with Gasteiger partial charge in [-0.25, -0.2) is 25.3 Å². The third-order valence-electron chi connectivity index (χ3n) is 12.7. The van der Waals surface area contributed by atoms with Gasteiger partial charge in [0.1, 0.15) is 42.3 Å². The molecule has 0 spiro atoms. The first kappa shape index (κ1) is 70.1. The fraction of sp³-hybridized carbons (Fsp3) is 0.0833. The van der Waals surface area contributed by atoms with Gasteiger partial charge in [-0.15, -0.1) is 20.5 Å². The van der Waals surface area contributed by atoms with Gasteiger partial charge in [-0.3, -0.25) is 27.3 Å². The van der Waals surface area contributed by atoms with Crippen molar-refractivity contribution in [2.75, 3.05) is 34.5 Å². The maximum Gasteiger partial charge on any atom is 0.296 e. The summed E-state index contributed by atoms with van der Waals surface area (Å²) in [6, 6.07) is 18.5. The zero-order valence-electron chi connectivity index (χ0n) is 45.7. The van der Waals surface area contributed by atoms with Crippen molar-refractivity contribution in [1.29, 1.82) is 0 Å². The quantitative estimate of drug-likeness (QED) is 0.0180. The van der Waals surface area contributed by atoms with E-state index < -0.39 is 220 Å². The molecular formula is C48H40N10O26S9. The Morgan fingerprint density at radius 1 is 0.301 bits per heavy atom. The van der Waals surface area contributed by atoms with Gasteiger partial charge >= 0.3 is 0 Å². The Bertz CT molecular complexity index is 5320. The number of hydrogen-bond acceptors (Lipinski definition) is 30. The number of nitrogens with zero attached hydrogens (tertiary/aromatic N) is 8. The predicted octanol–water partition coefficient (Wildman–Crippen LogP) is 7.37. The van der Waals surface area contributed by atoms with Gasteiger partial charge in [0.2, 0.25) is 9.84 Å². The number of rotatable bonds is 22. The largest absolute Gasteiger partial charge is 0.505 e. The van der Waals surface area contributed by atoms with Crippen LogP contribution in [0.4, 0.5) is 56.9 Å². The Kier molecular flexibility index (Phi) is 19.0. The second-order valence-corrected chi connectivity index (χ2v) is 33.9. The van der Waals surface area contributed by atoms with Crippen LogP contribution in [-0.4, -0.2) is 136 Å². The van der Waals surface area contributed by atoms with Crippen molar-refractivity contribution >= 4 is 169 Å². The fourth-order valence-electron chi connectivity index (χ4n) is 8.27. The monoisotopic (exact) mass is 1460 g/mol. The van der Waals surface area contributed by atoms with Gasteiger partial charge in [-0.05, 0) is 132 Å². The van der Waals surface area contributed by atoms with E-state index in [2.05, 4.69) is 40.9 Å². The second-order valence-electron chi connectivity index (χ2n) is 19.0. The van der Waals surface area contributed by atoms with Gasteiger partial charge in [0.15, 0.2) is 31.2 Å². The number of nitrogens with two attached hydrogens (primary N) is 2. The second kappa shape index (κ2) is 25.2. The first-order valence-electron chi connectivity index (χ1n) is 24.6. The molecule has 0 aliphatic carbocycles. The van der Waals surface area contributed by atoms with Crippen LogP contribution in [0.15, 0.2) is 201 Å².